The zero-order valence-electron chi connectivity index (χ0n) is 11.0. The summed E-state index contributed by atoms with van der Waals surface area (Å²) in [6.07, 6.45) is 0.621. The van der Waals surface area contributed by atoms with Crippen molar-refractivity contribution >= 4 is 11.9 Å². The molecule has 0 aromatic carbocycles. The monoisotopic (exact) mass is 272 g/mol. The van der Waals surface area contributed by atoms with E-state index in [1.165, 1.54) is 0 Å². The van der Waals surface area contributed by atoms with Crippen molar-refractivity contribution < 1.29 is 24.5 Å². The topological polar surface area (TPSA) is 122 Å². The van der Waals surface area contributed by atoms with Crippen LogP contribution in [0.25, 0.3) is 0 Å². The Morgan fingerprint density at radius 3 is 2.68 bits per heavy atom. The molecule has 2 aliphatic rings. The minimum absolute atomic E-state index is 0.0688. The number of hydrogen-bond acceptors (Lipinski definition) is 5. The second-order valence-electron chi connectivity index (χ2n) is 5.82. The molecule has 108 valence electrons. The van der Waals surface area contributed by atoms with Gasteiger partial charge >= 0.3 is 5.97 Å². The molecular formula is C12H20N2O5. The van der Waals surface area contributed by atoms with E-state index in [2.05, 4.69) is 5.32 Å². The summed E-state index contributed by atoms with van der Waals surface area (Å²) < 4.78 is 5.57. The number of amides is 1. The molecule has 1 aliphatic carbocycles. The molecule has 5 N–H and O–H groups in total. The maximum atomic E-state index is 12.3. The maximum absolute atomic E-state index is 12.3. The highest BCUT2D eigenvalue weighted by Crippen LogP contribution is 2.58. The first-order valence-electron chi connectivity index (χ1n) is 6.32. The molecule has 0 spiro atoms. The van der Waals surface area contributed by atoms with Crippen molar-refractivity contribution in [1.82, 2.24) is 5.32 Å². The molecule has 0 aromatic heterocycles. The highest BCUT2D eigenvalue weighted by molar-refractivity contribution is 5.92. The number of carboxylic acid groups (broad SMARTS) is 1. The van der Waals surface area contributed by atoms with Gasteiger partial charge in [-0.05, 0) is 6.42 Å². The molecule has 1 saturated heterocycles. The molecule has 7 nitrogen and oxygen atoms in total. The third kappa shape index (κ3) is 1.76. The maximum Gasteiger partial charge on any atom is 0.328 e. The van der Waals surface area contributed by atoms with E-state index in [0.29, 0.717) is 13.0 Å². The SMILES string of the molecule is CC1(C)C2OCCC2C1(N)C(=O)N[C@@H](CO)C(=O)O. The van der Waals surface area contributed by atoms with Crippen molar-refractivity contribution in [2.24, 2.45) is 17.1 Å². The van der Waals surface area contributed by atoms with Gasteiger partial charge in [-0.1, -0.05) is 13.8 Å². The van der Waals surface area contributed by atoms with Crippen LogP contribution in [0, 0.1) is 11.3 Å². The summed E-state index contributed by atoms with van der Waals surface area (Å²) in [6.45, 7) is 3.58. The van der Waals surface area contributed by atoms with E-state index < -0.39 is 35.5 Å². The van der Waals surface area contributed by atoms with Gasteiger partial charge in [-0.3, -0.25) is 4.79 Å². The first kappa shape index (κ1) is 14.2. The lowest BCUT2D eigenvalue weighted by molar-refractivity contribution is -0.177. The van der Waals surface area contributed by atoms with E-state index >= 15 is 0 Å². The molecule has 1 amide bonds. The van der Waals surface area contributed by atoms with Gasteiger partial charge in [0.15, 0.2) is 0 Å². The zero-order chi connectivity index (χ0) is 14.4. The first-order valence-corrected chi connectivity index (χ1v) is 6.32. The number of nitrogens with one attached hydrogen (secondary N) is 1. The average molecular weight is 272 g/mol. The second-order valence-corrected chi connectivity index (χ2v) is 5.82. The normalized spacial score (nSPS) is 37.1. The number of ether oxygens (including phenoxy) is 1. The average Bonchev–Trinajstić information content (AvgIpc) is 2.81. The molecule has 4 atom stereocenters. The summed E-state index contributed by atoms with van der Waals surface area (Å²) in [5, 5.41) is 20.1. The molecule has 2 rings (SSSR count). The smallest absolute Gasteiger partial charge is 0.328 e. The third-order valence-electron chi connectivity index (χ3n) is 4.62. The van der Waals surface area contributed by atoms with E-state index in [0.717, 1.165) is 0 Å². The number of aliphatic hydroxyl groups is 1. The van der Waals surface area contributed by atoms with Gasteiger partial charge in [-0.2, -0.15) is 0 Å². The molecule has 19 heavy (non-hydrogen) atoms. The lowest BCUT2D eigenvalue weighted by Crippen LogP contribution is -2.80. The summed E-state index contributed by atoms with van der Waals surface area (Å²) in [4.78, 5) is 23.2. The molecule has 0 bridgehead atoms. The standard InChI is InChI=1S/C12H20N2O5/c1-11(2)8-6(3-4-19-8)12(11,13)10(18)14-7(5-15)9(16)17/h6-8,15H,3-5,13H2,1-2H3,(H,14,18)(H,16,17)/t6?,7-,8?,12?/m0/s1. The minimum Gasteiger partial charge on any atom is -0.480 e. The largest absolute Gasteiger partial charge is 0.480 e. The molecule has 0 aromatic rings. The predicted octanol–water partition coefficient (Wildman–Crippen LogP) is -1.31. The summed E-state index contributed by atoms with van der Waals surface area (Å²) in [5.74, 6) is -1.92. The number of fused-ring (bicyclic) bond motifs is 1. The molecular weight excluding hydrogens is 252 g/mol. The molecule has 1 heterocycles. The zero-order valence-corrected chi connectivity index (χ0v) is 11.0. The Morgan fingerprint density at radius 2 is 2.16 bits per heavy atom. The van der Waals surface area contributed by atoms with Crippen molar-refractivity contribution in [3.63, 3.8) is 0 Å². The minimum atomic E-state index is -1.33. The molecule has 0 radical (unpaired) electrons. The Labute approximate surface area is 111 Å². The third-order valence-corrected chi connectivity index (χ3v) is 4.62. The van der Waals surface area contributed by atoms with Crippen LogP contribution in [0.4, 0.5) is 0 Å². The fourth-order valence-electron chi connectivity index (χ4n) is 3.31. The summed E-state index contributed by atoms with van der Waals surface area (Å²) in [7, 11) is 0. The summed E-state index contributed by atoms with van der Waals surface area (Å²) >= 11 is 0. The number of hydrogen-bond donors (Lipinski definition) is 4. The van der Waals surface area contributed by atoms with E-state index in [-0.39, 0.29) is 12.0 Å². The van der Waals surface area contributed by atoms with Gasteiger partial charge in [-0.15, -0.1) is 0 Å². The van der Waals surface area contributed by atoms with Crippen molar-refractivity contribution in [2.45, 2.75) is 38.0 Å². The van der Waals surface area contributed by atoms with Gasteiger partial charge in [0.05, 0.1) is 12.7 Å². The number of carbonyl (C=O) groups excluding carboxylic acids is 1. The Kier molecular flexibility index (Phi) is 3.32. The Bertz CT molecular complexity index is 411. The van der Waals surface area contributed by atoms with Crippen LogP contribution in [0.15, 0.2) is 0 Å². The Balaban J connectivity index is 2.16. The number of carboxylic acids is 1. The van der Waals surface area contributed by atoms with Crippen molar-refractivity contribution in [2.75, 3.05) is 13.2 Å². The Hall–Kier alpha value is -1.18. The van der Waals surface area contributed by atoms with Gasteiger partial charge in [-0.25, -0.2) is 4.79 Å². The van der Waals surface area contributed by atoms with Gasteiger partial charge < -0.3 is 26.0 Å². The lowest BCUT2D eigenvalue weighted by Gasteiger charge is -2.60. The van der Waals surface area contributed by atoms with E-state index in [9.17, 15) is 9.59 Å². The van der Waals surface area contributed by atoms with Crippen LogP contribution < -0.4 is 11.1 Å². The van der Waals surface area contributed by atoms with Crippen LogP contribution in [-0.4, -0.2) is 53.0 Å². The van der Waals surface area contributed by atoms with Crippen molar-refractivity contribution in [1.29, 1.82) is 0 Å². The van der Waals surface area contributed by atoms with Crippen LogP contribution >= 0.6 is 0 Å². The van der Waals surface area contributed by atoms with Gasteiger partial charge in [0.25, 0.3) is 0 Å². The van der Waals surface area contributed by atoms with E-state index in [1.54, 1.807) is 0 Å². The molecule has 3 unspecified atom stereocenters. The number of rotatable bonds is 4. The van der Waals surface area contributed by atoms with Crippen LogP contribution in [-0.2, 0) is 14.3 Å². The van der Waals surface area contributed by atoms with Crippen LogP contribution in [0.5, 0.6) is 0 Å². The van der Waals surface area contributed by atoms with Crippen molar-refractivity contribution in [3.05, 3.63) is 0 Å². The fraction of sp³-hybridized carbons (Fsp3) is 0.833. The van der Waals surface area contributed by atoms with Gasteiger partial charge in [0.2, 0.25) is 5.91 Å². The van der Waals surface area contributed by atoms with Crippen molar-refractivity contribution in [3.8, 4) is 0 Å². The number of aliphatic carboxylic acids is 1. The quantitative estimate of drug-likeness (QED) is 0.504. The highest BCUT2D eigenvalue weighted by Gasteiger charge is 2.71. The van der Waals surface area contributed by atoms with Crippen LogP contribution in [0.2, 0.25) is 0 Å². The molecule has 2 fully saturated rings. The van der Waals surface area contributed by atoms with E-state index in [1.807, 2.05) is 13.8 Å². The molecule has 1 aliphatic heterocycles. The predicted molar refractivity (Wildman–Crippen MR) is 65.2 cm³/mol. The lowest BCUT2D eigenvalue weighted by atomic mass is 9.48. The molecule has 7 heteroatoms. The summed E-state index contributed by atoms with van der Waals surface area (Å²) in [5.41, 5.74) is 4.53. The van der Waals surface area contributed by atoms with Crippen LogP contribution in [0.3, 0.4) is 0 Å². The number of nitrogens with two attached hydrogens (primary N) is 1. The van der Waals surface area contributed by atoms with Gasteiger partial charge in [0, 0.05) is 17.9 Å². The molecule has 1 saturated carbocycles. The summed E-state index contributed by atoms with van der Waals surface area (Å²) in [6, 6.07) is -1.33. The number of carbonyl (C=O) groups is 2. The highest BCUT2D eigenvalue weighted by atomic mass is 16.5. The van der Waals surface area contributed by atoms with Crippen LogP contribution in [0.1, 0.15) is 20.3 Å². The fourth-order valence-corrected chi connectivity index (χ4v) is 3.31. The first-order chi connectivity index (χ1) is 8.76. The van der Waals surface area contributed by atoms with E-state index in [4.69, 9.17) is 20.7 Å². The number of aliphatic hydroxyl groups excluding tert-OH is 1. The second kappa shape index (κ2) is 4.43. The van der Waals surface area contributed by atoms with Gasteiger partial charge in [0.1, 0.15) is 11.6 Å². The Morgan fingerprint density at radius 1 is 1.53 bits per heavy atom.